The minimum Gasteiger partial charge on any atom is -0.253 e. The zero-order valence-corrected chi connectivity index (χ0v) is 16.9. The van der Waals surface area contributed by atoms with Crippen molar-refractivity contribution < 1.29 is 0 Å². The van der Waals surface area contributed by atoms with Crippen LogP contribution in [0.5, 0.6) is 0 Å². The van der Waals surface area contributed by atoms with E-state index in [-0.39, 0.29) is 0 Å². The normalized spacial score (nSPS) is 11.1. The lowest BCUT2D eigenvalue weighted by atomic mass is 10.0. The van der Waals surface area contributed by atoms with Crippen LogP contribution in [0.25, 0.3) is 56.0 Å². The lowest BCUT2D eigenvalue weighted by Gasteiger charge is -2.07. The van der Waals surface area contributed by atoms with Gasteiger partial charge in [-0.2, -0.15) is 0 Å². The van der Waals surface area contributed by atoms with E-state index in [1.807, 2.05) is 60.9 Å². The third-order valence-corrected chi connectivity index (χ3v) is 5.29. The monoisotopic (exact) mass is 412 g/mol. The van der Waals surface area contributed by atoms with Crippen LogP contribution in [0, 0.1) is 0 Å². The van der Waals surface area contributed by atoms with Crippen molar-refractivity contribution in [2.45, 2.75) is 0 Å². The summed E-state index contributed by atoms with van der Waals surface area (Å²) in [6.07, 6.45) is 7.16. The van der Waals surface area contributed by atoms with Gasteiger partial charge in [-0.15, -0.1) is 0 Å². The maximum atomic E-state index is 4.74. The number of pyridine rings is 2. The van der Waals surface area contributed by atoms with E-state index in [9.17, 15) is 0 Å². The predicted molar refractivity (Wildman–Crippen MR) is 125 cm³/mol. The third kappa shape index (κ3) is 3.33. The molecule has 0 aliphatic heterocycles. The fraction of sp³-hybridized carbons (Fsp3) is 0. The lowest BCUT2D eigenvalue weighted by molar-refractivity contribution is 1.17. The molecule has 6 aromatic rings. The molecule has 0 amide bonds. The van der Waals surface area contributed by atoms with Crippen LogP contribution in [0.1, 0.15) is 0 Å². The van der Waals surface area contributed by atoms with Crippen LogP contribution in [0.3, 0.4) is 0 Å². The summed E-state index contributed by atoms with van der Waals surface area (Å²) >= 11 is 0. The summed E-state index contributed by atoms with van der Waals surface area (Å²) in [4.78, 5) is 27.1. The maximum absolute atomic E-state index is 4.74. The van der Waals surface area contributed by atoms with Crippen molar-refractivity contribution in [3.63, 3.8) is 0 Å². The molecule has 6 nitrogen and oxygen atoms in total. The zero-order chi connectivity index (χ0) is 21.3. The molecule has 0 aliphatic carbocycles. The Kier molecular flexibility index (Phi) is 4.32. The largest absolute Gasteiger partial charge is 0.253 e. The van der Waals surface area contributed by atoms with Crippen molar-refractivity contribution in [2.24, 2.45) is 0 Å². The number of rotatable bonds is 3. The first kappa shape index (κ1) is 18.2. The fourth-order valence-corrected chi connectivity index (χ4v) is 3.64. The molecule has 4 heterocycles. The van der Waals surface area contributed by atoms with Gasteiger partial charge in [0.2, 0.25) is 0 Å². The molecule has 6 rings (SSSR count). The molecule has 32 heavy (non-hydrogen) atoms. The smallest absolute Gasteiger partial charge is 0.178 e. The van der Waals surface area contributed by atoms with E-state index < -0.39 is 0 Å². The quantitative estimate of drug-likeness (QED) is 0.389. The Hall–Kier alpha value is -4.58. The van der Waals surface area contributed by atoms with Crippen LogP contribution >= 0.6 is 0 Å². The molecule has 0 saturated carbocycles. The number of nitrogens with zero attached hydrogens (tertiary/aromatic N) is 6. The highest BCUT2D eigenvalue weighted by Gasteiger charge is 2.08. The molecule has 0 fully saturated rings. The second kappa shape index (κ2) is 7.59. The summed E-state index contributed by atoms with van der Waals surface area (Å²) in [7, 11) is 0. The molecular formula is C26H16N6. The summed E-state index contributed by atoms with van der Waals surface area (Å²) in [5, 5.41) is 1.96. The zero-order valence-electron chi connectivity index (χ0n) is 16.9. The maximum Gasteiger partial charge on any atom is 0.178 e. The van der Waals surface area contributed by atoms with Crippen LogP contribution in [0.15, 0.2) is 97.6 Å². The van der Waals surface area contributed by atoms with Crippen molar-refractivity contribution in [3.8, 4) is 34.2 Å². The molecule has 150 valence electrons. The van der Waals surface area contributed by atoms with Crippen molar-refractivity contribution in [1.29, 1.82) is 0 Å². The highest BCUT2D eigenvalue weighted by atomic mass is 14.9. The number of hydrogen-bond acceptors (Lipinski definition) is 6. The SMILES string of the molecule is c1ccc(-c2ncc3ccc(-c4ccc5cnc(-c6ccccn6)nc5c4)cc3n2)nc1. The average molecular weight is 412 g/mol. The Bertz CT molecular complexity index is 1450. The molecule has 0 aliphatic rings. The van der Waals surface area contributed by atoms with E-state index in [4.69, 9.17) is 9.97 Å². The molecule has 6 heteroatoms. The van der Waals surface area contributed by atoms with Crippen LogP contribution in [0.2, 0.25) is 0 Å². The second-order valence-electron chi connectivity index (χ2n) is 7.36. The second-order valence-corrected chi connectivity index (χ2v) is 7.36. The van der Waals surface area contributed by atoms with E-state index in [0.717, 1.165) is 44.3 Å². The molecule has 0 N–H and O–H groups in total. The highest BCUT2D eigenvalue weighted by molar-refractivity contribution is 5.88. The standard InChI is InChI=1S/C26H16N6/c1-3-11-27-21(5-1)25-29-15-19-9-7-17(13-23(19)31-25)18-8-10-20-16-30-26(32-24(20)14-18)22-6-2-4-12-28-22/h1-16H. The first-order valence-corrected chi connectivity index (χ1v) is 10.2. The molecule has 0 bridgehead atoms. The molecular weight excluding hydrogens is 396 g/mol. The highest BCUT2D eigenvalue weighted by Crippen LogP contribution is 2.27. The Morgan fingerprint density at radius 3 is 1.41 bits per heavy atom. The van der Waals surface area contributed by atoms with Gasteiger partial charge in [0.25, 0.3) is 0 Å². The van der Waals surface area contributed by atoms with Gasteiger partial charge < -0.3 is 0 Å². The van der Waals surface area contributed by atoms with Crippen LogP contribution in [0.4, 0.5) is 0 Å². The van der Waals surface area contributed by atoms with Gasteiger partial charge in [-0.25, -0.2) is 19.9 Å². The fourth-order valence-electron chi connectivity index (χ4n) is 3.64. The number of benzene rings is 2. The Morgan fingerprint density at radius 2 is 0.969 bits per heavy atom. The van der Waals surface area contributed by atoms with Gasteiger partial charge in [0.05, 0.1) is 11.0 Å². The first-order valence-electron chi connectivity index (χ1n) is 10.2. The first-order chi connectivity index (χ1) is 15.8. The molecule has 4 aromatic heterocycles. The summed E-state index contributed by atoms with van der Waals surface area (Å²) in [5.74, 6) is 1.23. The summed E-state index contributed by atoms with van der Waals surface area (Å²) in [6, 6.07) is 23.8. The summed E-state index contributed by atoms with van der Waals surface area (Å²) in [5.41, 5.74) is 5.37. The minimum absolute atomic E-state index is 0.613. The minimum atomic E-state index is 0.613. The number of hydrogen-bond donors (Lipinski definition) is 0. The van der Waals surface area contributed by atoms with E-state index in [1.54, 1.807) is 12.4 Å². The molecule has 0 atom stereocenters. The average Bonchev–Trinajstić information content (AvgIpc) is 2.88. The van der Waals surface area contributed by atoms with Crippen LogP contribution < -0.4 is 0 Å². The number of aromatic nitrogens is 6. The van der Waals surface area contributed by atoms with Gasteiger partial charge >= 0.3 is 0 Å². The van der Waals surface area contributed by atoms with Crippen molar-refractivity contribution >= 4 is 21.8 Å². The van der Waals surface area contributed by atoms with E-state index >= 15 is 0 Å². The van der Waals surface area contributed by atoms with E-state index in [0.29, 0.717) is 11.6 Å². The Balaban J connectivity index is 1.43. The van der Waals surface area contributed by atoms with Crippen LogP contribution in [-0.4, -0.2) is 29.9 Å². The Labute approximate surface area is 183 Å². The summed E-state index contributed by atoms with van der Waals surface area (Å²) in [6.45, 7) is 0. The lowest BCUT2D eigenvalue weighted by Crippen LogP contribution is -1.93. The summed E-state index contributed by atoms with van der Waals surface area (Å²) < 4.78 is 0. The van der Waals surface area contributed by atoms with Gasteiger partial charge in [0.1, 0.15) is 11.4 Å². The molecule has 0 unspecified atom stereocenters. The molecule has 0 spiro atoms. The van der Waals surface area contributed by atoms with Gasteiger partial charge in [-0.05, 0) is 47.5 Å². The number of fused-ring (bicyclic) bond motifs is 2. The Morgan fingerprint density at radius 1 is 0.469 bits per heavy atom. The van der Waals surface area contributed by atoms with Gasteiger partial charge in [0, 0.05) is 35.6 Å². The van der Waals surface area contributed by atoms with Crippen molar-refractivity contribution in [2.75, 3.05) is 0 Å². The van der Waals surface area contributed by atoms with Crippen molar-refractivity contribution in [3.05, 3.63) is 97.6 Å². The predicted octanol–water partition coefficient (Wildman–Crippen LogP) is 5.36. The third-order valence-electron chi connectivity index (χ3n) is 5.29. The van der Waals surface area contributed by atoms with Gasteiger partial charge in [-0.3, -0.25) is 9.97 Å². The topological polar surface area (TPSA) is 77.3 Å². The van der Waals surface area contributed by atoms with Gasteiger partial charge in [0.15, 0.2) is 11.6 Å². The molecule has 0 saturated heterocycles. The van der Waals surface area contributed by atoms with Crippen LogP contribution in [-0.2, 0) is 0 Å². The van der Waals surface area contributed by atoms with Gasteiger partial charge in [-0.1, -0.05) is 36.4 Å². The molecule has 0 radical (unpaired) electrons. The van der Waals surface area contributed by atoms with E-state index in [2.05, 4.69) is 44.2 Å². The molecule has 2 aromatic carbocycles. The van der Waals surface area contributed by atoms with Crippen molar-refractivity contribution in [1.82, 2.24) is 29.9 Å². The van der Waals surface area contributed by atoms with E-state index in [1.165, 1.54) is 0 Å².